The van der Waals surface area contributed by atoms with E-state index >= 15 is 0 Å². The van der Waals surface area contributed by atoms with E-state index in [0.717, 1.165) is 12.1 Å². The molecule has 204 valence electrons. The Bertz CT molecular complexity index is 1510. The zero-order valence-electron chi connectivity index (χ0n) is 21.1. The first kappa shape index (κ1) is 28.6. The first-order chi connectivity index (χ1) is 18.6. The van der Waals surface area contributed by atoms with Gasteiger partial charge in [-0.3, -0.25) is 19.2 Å². The number of nitro groups is 1. The molecule has 0 saturated heterocycles. The number of methoxy groups -OCH3 is 3. The van der Waals surface area contributed by atoms with Crippen LogP contribution < -0.4 is 19.2 Å². The van der Waals surface area contributed by atoms with Crippen LogP contribution >= 0.6 is 0 Å². The minimum atomic E-state index is -4.66. The van der Waals surface area contributed by atoms with E-state index in [4.69, 9.17) is 9.47 Å². The molecule has 0 aliphatic rings. The molecule has 0 fully saturated rings. The maximum atomic E-state index is 13.7. The molecule has 0 aliphatic carbocycles. The molecule has 0 atom stereocenters. The van der Waals surface area contributed by atoms with Crippen LogP contribution in [0.15, 0.2) is 76.7 Å². The van der Waals surface area contributed by atoms with Gasteiger partial charge >= 0.3 is 5.97 Å². The number of hydrazone groups is 1. The SMILES string of the molecule is COC(=O)c1ccc(/C=N\NC(=O)CN(c2ccc(OC)cc2OC)S(=O)(=O)c2ccccc2[N+](=O)[O-])cc1. The van der Waals surface area contributed by atoms with E-state index in [0.29, 0.717) is 21.2 Å². The lowest BCUT2D eigenvalue weighted by Gasteiger charge is -2.25. The van der Waals surface area contributed by atoms with Gasteiger partial charge in [-0.05, 0) is 35.9 Å². The fourth-order valence-corrected chi connectivity index (χ4v) is 4.99. The number of ether oxygens (including phenoxy) is 3. The topological polar surface area (TPSA) is 167 Å². The molecule has 3 rings (SSSR count). The van der Waals surface area contributed by atoms with Crippen molar-refractivity contribution in [1.82, 2.24) is 5.43 Å². The largest absolute Gasteiger partial charge is 0.497 e. The Labute approximate surface area is 223 Å². The molecule has 3 aromatic carbocycles. The number of amides is 1. The highest BCUT2D eigenvalue weighted by Gasteiger charge is 2.34. The molecule has 1 N–H and O–H groups in total. The summed E-state index contributed by atoms with van der Waals surface area (Å²) >= 11 is 0. The summed E-state index contributed by atoms with van der Waals surface area (Å²) in [5.41, 5.74) is 2.36. The van der Waals surface area contributed by atoms with E-state index in [2.05, 4.69) is 15.3 Å². The van der Waals surface area contributed by atoms with Gasteiger partial charge in [-0.15, -0.1) is 0 Å². The van der Waals surface area contributed by atoms with Crippen LogP contribution in [0.3, 0.4) is 0 Å². The molecule has 0 aliphatic heterocycles. The number of rotatable bonds is 11. The third-order valence-electron chi connectivity index (χ3n) is 5.31. The number of para-hydroxylation sites is 1. The van der Waals surface area contributed by atoms with E-state index in [1.807, 2.05) is 0 Å². The monoisotopic (exact) mass is 556 g/mol. The Morgan fingerprint density at radius 1 is 1.03 bits per heavy atom. The van der Waals surface area contributed by atoms with E-state index in [-0.39, 0.29) is 11.4 Å². The number of anilines is 1. The molecule has 0 bridgehead atoms. The summed E-state index contributed by atoms with van der Waals surface area (Å²) in [6.45, 7) is -0.796. The number of carbonyl (C=O) groups excluding carboxylic acids is 2. The third-order valence-corrected chi connectivity index (χ3v) is 7.11. The van der Waals surface area contributed by atoms with Gasteiger partial charge in [-0.2, -0.15) is 5.10 Å². The zero-order valence-corrected chi connectivity index (χ0v) is 21.9. The molecular weight excluding hydrogens is 532 g/mol. The molecule has 3 aromatic rings. The fraction of sp³-hybridized carbons (Fsp3) is 0.160. The second-order valence-corrected chi connectivity index (χ2v) is 9.51. The van der Waals surface area contributed by atoms with Crippen molar-refractivity contribution in [3.8, 4) is 11.5 Å². The number of benzene rings is 3. The molecule has 13 nitrogen and oxygen atoms in total. The number of nitrogens with zero attached hydrogens (tertiary/aromatic N) is 3. The van der Waals surface area contributed by atoms with Crippen LogP contribution in [0, 0.1) is 10.1 Å². The molecular formula is C25H24N4O9S. The van der Waals surface area contributed by atoms with Crippen LogP contribution in [0.2, 0.25) is 0 Å². The molecule has 0 saturated carbocycles. The van der Waals surface area contributed by atoms with E-state index < -0.39 is 44.0 Å². The molecule has 0 unspecified atom stereocenters. The number of nitro benzene ring substituents is 1. The van der Waals surface area contributed by atoms with Gasteiger partial charge in [0.1, 0.15) is 18.0 Å². The maximum Gasteiger partial charge on any atom is 0.337 e. The van der Waals surface area contributed by atoms with Gasteiger partial charge in [0.05, 0.1) is 43.7 Å². The minimum absolute atomic E-state index is 0.0403. The summed E-state index contributed by atoms with van der Waals surface area (Å²) in [6, 6.07) is 15.1. The fourth-order valence-electron chi connectivity index (χ4n) is 3.40. The zero-order chi connectivity index (χ0) is 28.6. The predicted molar refractivity (Wildman–Crippen MR) is 141 cm³/mol. The van der Waals surface area contributed by atoms with Crippen LogP contribution in [0.1, 0.15) is 15.9 Å². The summed E-state index contributed by atoms with van der Waals surface area (Å²) < 4.78 is 43.2. The molecule has 0 radical (unpaired) electrons. The molecule has 0 aromatic heterocycles. The van der Waals surface area contributed by atoms with Gasteiger partial charge < -0.3 is 14.2 Å². The third kappa shape index (κ3) is 6.67. The Morgan fingerprint density at radius 2 is 1.72 bits per heavy atom. The number of carbonyl (C=O) groups is 2. The number of sulfonamides is 1. The first-order valence-electron chi connectivity index (χ1n) is 11.1. The average molecular weight is 557 g/mol. The van der Waals surface area contributed by atoms with Crippen molar-refractivity contribution in [2.75, 3.05) is 32.2 Å². The maximum absolute atomic E-state index is 13.7. The molecule has 0 heterocycles. The highest BCUT2D eigenvalue weighted by molar-refractivity contribution is 7.93. The van der Waals surface area contributed by atoms with Crippen molar-refractivity contribution in [1.29, 1.82) is 0 Å². The van der Waals surface area contributed by atoms with Crippen LogP contribution in [-0.2, 0) is 19.6 Å². The predicted octanol–water partition coefficient (Wildman–Crippen LogP) is 2.74. The van der Waals surface area contributed by atoms with Crippen molar-refractivity contribution >= 4 is 39.5 Å². The summed E-state index contributed by atoms with van der Waals surface area (Å²) in [5.74, 6) is -0.970. The van der Waals surface area contributed by atoms with Crippen molar-refractivity contribution < 1.29 is 37.1 Å². The van der Waals surface area contributed by atoms with Crippen molar-refractivity contribution in [3.63, 3.8) is 0 Å². The summed E-state index contributed by atoms with van der Waals surface area (Å²) in [7, 11) is -0.694. The number of hydrogen-bond acceptors (Lipinski definition) is 10. The van der Waals surface area contributed by atoms with Crippen LogP contribution in [0.4, 0.5) is 11.4 Å². The van der Waals surface area contributed by atoms with Crippen LogP contribution in [0.25, 0.3) is 0 Å². The lowest BCUT2D eigenvalue weighted by atomic mass is 10.1. The standard InChI is InChI=1S/C25H24N4O9S/c1-36-19-12-13-20(22(14-19)37-2)28(39(34,35)23-7-5-4-6-21(23)29(32)33)16-24(30)27-26-15-17-8-10-18(11-9-17)25(31)38-3/h4-15H,16H2,1-3H3,(H,27,30)/b26-15-. The molecule has 1 amide bonds. The Kier molecular flexibility index (Phi) is 9.17. The van der Waals surface area contributed by atoms with Crippen molar-refractivity contribution in [3.05, 3.63) is 88.0 Å². The highest BCUT2D eigenvalue weighted by Crippen LogP contribution is 2.37. The van der Waals surface area contributed by atoms with E-state index in [1.54, 1.807) is 12.1 Å². The van der Waals surface area contributed by atoms with Gasteiger partial charge in [0.25, 0.3) is 21.6 Å². The number of esters is 1. The lowest BCUT2D eigenvalue weighted by Crippen LogP contribution is -2.40. The number of nitrogens with one attached hydrogen (secondary N) is 1. The van der Waals surface area contributed by atoms with Crippen molar-refractivity contribution in [2.24, 2.45) is 5.10 Å². The van der Waals surface area contributed by atoms with Gasteiger partial charge in [-0.25, -0.2) is 18.6 Å². The van der Waals surface area contributed by atoms with E-state index in [1.165, 1.54) is 70.0 Å². The van der Waals surface area contributed by atoms with Crippen LogP contribution in [-0.4, -0.2) is 59.3 Å². The first-order valence-corrected chi connectivity index (χ1v) is 12.5. The highest BCUT2D eigenvalue weighted by atomic mass is 32.2. The molecule has 39 heavy (non-hydrogen) atoms. The Balaban J connectivity index is 1.94. The quantitative estimate of drug-likeness (QED) is 0.162. The summed E-state index contributed by atoms with van der Waals surface area (Å²) in [4.78, 5) is 34.5. The van der Waals surface area contributed by atoms with Gasteiger partial charge in [0.15, 0.2) is 4.90 Å². The number of hydrogen-bond donors (Lipinski definition) is 1. The van der Waals surface area contributed by atoms with Gasteiger partial charge in [0, 0.05) is 12.1 Å². The van der Waals surface area contributed by atoms with Crippen molar-refractivity contribution in [2.45, 2.75) is 4.90 Å². The molecule has 0 spiro atoms. The van der Waals surface area contributed by atoms with Gasteiger partial charge in [0.2, 0.25) is 0 Å². The second-order valence-electron chi connectivity index (χ2n) is 7.68. The normalized spacial score (nSPS) is 11.1. The summed E-state index contributed by atoms with van der Waals surface area (Å²) in [5, 5.41) is 15.4. The smallest absolute Gasteiger partial charge is 0.337 e. The minimum Gasteiger partial charge on any atom is -0.497 e. The van der Waals surface area contributed by atoms with Gasteiger partial charge in [-0.1, -0.05) is 24.3 Å². The Morgan fingerprint density at radius 3 is 2.33 bits per heavy atom. The average Bonchev–Trinajstić information content (AvgIpc) is 2.95. The van der Waals surface area contributed by atoms with Crippen LogP contribution in [0.5, 0.6) is 11.5 Å². The lowest BCUT2D eigenvalue weighted by molar-refractivity contribution is -0.387. The Hall–Kier alpha value is -4.98. The summed E-state index contributed by atoms with van der Waals surface area (Å²) in [6.07, 6.45) is 1.29. The molecule has 14 heteroatoms. The second kappa shape index (κ2) is 12.5. The van der Waals surface area contributed by atoms with E-state index in [9.17, 15) is 28.1 Å².